The van der Waals surface area contributed by atoms with Gasteiger partial charge in [-0.2, -0.15) is 0 Å². The third-order valence-corrected chi connectivity index (χ3v) is 1.77. The maximum Gasteiger partial charge on any atom is 0.141 e. The number of rotatable bonds is 2. The number of nitrogens with zero attached hydrogens (tertiary/aromatic N) is 2. The molecule has 5 heteroatoms. The molecule has 3 N–H and O–H groups in total. The Balaban J connectivity index is 3.01. The van der Waals surface area contributed by atoms with E-state index in [1.54, 1.807) is 6.07 Å². The zero-order chi connectivity index (χ0) is 8.27. The summed E-state index contributed by atoms with van der Waals surface area (Å²) in [5, 5.41) is 7.91. The fourth-order valence-corrected chi connectivity index (χ4v) is 0.980. The fraction of sp³-hybridized carbons (Fsp3) is 0.167. The SMILES string of the molecule is CSc1cc(C(=N)N)ncn1. The number of nitrogen functional groups attached to an aromatic ring is 1. The number of hydrogen-bond donors (Lipinski definition) is 2. The Morgan fingerprint density at radius 2 is 2.36 bits per heavy atom. The minimum atomic E-state index is -0.0253. The highest BCUT2D eigenvalue weighted by atomic mass is 32.2. The van der Waals surface area contributed by atoms with Crippen molar-refractivity contribution in [1.29, 1.82) is 5.41 Å². The number of nitrogens with two attached hydrogens (primary N) is 1. The van der Waals surface area contributed by atoms with Crippen LogP contribution in [0.4, 0.5) is 0 Å². The number of thioether (sulfide) groups is 1. The Bertz CT molecular complexity index is 273. The van der Waals surface area contributed by atoms with Crippen LogP contribution in [0.1, 0.15) is 5.69 Å². The predicted molar refractivity (Wildman–Crippen MR) is 44.8 cm³/mol. The van der Waals surface area contributed by atoms with Crippen LogP contribution < -0.4 is 5.73 Å². The molecule has 0 radical (unpaired) electrons. The van der Waals surface area contributed by atoms with Gasteiger partial charge in [-0.05, 0) is 12.3 Å². The van der Waals surface area contributed by atoms with Gasteiger partial charge in [-0.3, -0.25) is 5.41 Å². The summed E-state index contributed by atoms with van der Waals surface area (Å²) in [6.45, 7) is 0. The second-order valence-corrected chi connectivity index (χ2v) is 2.69. The van der Waals surface area contributed by atoms with Crippen LogP contribution in [0.3, 0.4) is 0 Å². The van der Waals surface area contributed by atoms with Crippen LogP contribution in [0.5, 0.6) is 0 Å². The number of amidine groups is 1. The van der Waals surface area contributed by atoms with Crippen LogP contribution in [-0.2, 0) is 0 Å². The van der Waals surface area contributed by atoms with E-state index in [2.05, 4.69) is 9.97 Å². The van der Waals surface area contributed by atoms with E-state index >= 15 is 0 Å². The van der Waals surface area contributed by atoms with Crippen LogP contribution in [0, 0.1) is 5.41 Å². The molecule has 0 saturated carbocycles. The molecule has 1 aromatic rings. The van der Waals surface area contributed by atoms with Crippen molar-refractivity contribution in [2.75, 3.05) is 6.26 Å². The first-order chi connectivity index (χ1) is 5.24. The van der Waals surface area contributed by atoms with Crippen molar-refractivity contribution in [3.8, 4) is 0 Å². The highest BCUT2D eigenvalue weighted by molar-refractivity contribution is 7.98. The van der Waals surface area contributed by atoms with Gasteiger partial charge in [0.2, 0.25) is 0 Å². The third-order valence-electron chi connectivity index (χ3n) is 1.13. The second kappa shape index (κ2) is 3.34. The molecule has 0 fully saturated rings. The molecule has 4 nitrogen and oxygen atoms in total. The quantitative estimate of drug-likeness (QED) is 0.291. The minimum Gasteiger partial charge on any atom is -0.382 e. The lowest BCUT2D eigenvalue weighted by atomic mass is 10.4. The van der Waals surface area contributed by atoms with E-state index < -0.39 is 0 Å². The Morgan fingerprint density at radius 1 is 1.64 bits per heavy atom. The van der Waals surface area contributed by atoms with Crippen LogP contribution in [0.2, 0.25) is 0 Å². The Morgan fingerprint density at radius 3 is 2.91 bits per heavy atom. The van der Waals surface area contributed by atoms with E-state index in [4.69, 9.17) is 11.1 Å². The average molecular weight is 168 g/mol. The zero-order valence-electron chi connectivity index (χ0n) is 6.03. The number of hydrogen-bond acceptors (Lipinski definition) is 4. The van der Waals surface area contributed by atoms with Gasteiger partial charge in [0.15, 0.2) is 0 Å². The maximum atomic E-state index is 7.09. The van der Waals surface area contributed by atoms with Gasteiger partial charge in [0.05, 0.1) is 5.03 Å². The van der Waals surface area contributed by atoms with Crippen molar-refractivity contribution in [2.45, 2.75) is 5.03 Å². The normalized spacial score (nSPS) is 9.55. The fourth-order valence-electron chi connectivity index (χ4n) is 0.598. The van der Waals surface area contributed by atoms with E-state index in [1.807, 2.05) is 6.26 Å². The second-order valence-electron chi connectivity index (χ2n) is 1.86. The maximum absolute atomic E-state index is 7.09. The average Bonchev–Trinajstić information content (AvgIpc) is 2.05. The van der Waals surface area contributed by atoms with Gasteiger partial charge in [0, 0.05) is 0 Å². The summed E-state index contributed by atoms with van der Waals surface area (Å²) in [6.07, 6.45) is 3.31. The smallest absolute Gasteiger partial charge is 0.141 e. The first kappa shape index (κ1) is 8.00. The lowest BCUT2D eigenvalue weighted by Crippen LogP contribution is -2.13. The molecule has 1 rings (SSSR count). The van der Waals surface area contributed by atoms with Crippen molar-refractivity contribution in [3.05, 3.63) is 18.1 Å². The molecule has 0 aliphatic carbocycles. The molecule has 0 bridgehead atoms. The molecule has 0 aromatic carbocycles. The summed E-state index contributed by atoms with van der Waals surface area (Å²) in [7, 11) is 0. The molecule has 0 aliphatic rings. The molecule has 11 heavy (non-hydrogen) atoms. The van der Waals surface area contributed by atoms with Gasteiger partial charge < -0.3 is 5.73 Å². The van der Waals surface area contributed by atoms with E-state index in [0.29, 0.717) is 5.69 Å². The van der Waals surface area contributed by atoms with Gasteiger partial charge in [-0.1, -0.05) is 0 Å². The summed E-state index contributed by atoms with van der Waals surface area (Å²) in [5.74, 6) is -0.0253. The Labute approximate surface area is 68.7 Å². The standard InChI is InChI=1S/C6H8N4S/c1-11-5-2-4(6(7)8)9-3-10-5/h2-3H,1H3,(H3,7,8). The van der Waals surface area contributed by atoms with Crippen molar-refractivity contribution in [3.63, 3.8) is 0 Å². The summed E-state index contributed by atoms with van der Waals surface area (Å²) in [5.41, 5.74) is 5.70. The number of aromatic nitrogens is 2. The molecule has 0 atom stereocenters. The van der Waals surface area contributed by atoms with Gasteiger partial charge >= 0.3 is 0 Å². The molecule has 0 unspecified atom stereocenters. The van der Waals surface area contributed by atoms with Crippen LogP contribution >= 0.6 is 11.8 Å². The van der Waals surface area contributed by atoms with Gasteiger partial charge in [-0.25, -0.2) is 9.97 Å². The first-order valence-corrected chi connectivity index (χ1v) is 4.17. The molecule has 1 aromatic heterocycles. The molecule has 0 amide bonds. The zero-order valence-corrected chi connectivity index (χ0v) is 6.85. The monoisotopic (exact) mass is 168 g/mol. The molecule has 0 aliphatic heterocycles. The van der Waals surface area contributed by atoms with E-state index in [0.717, 1.165) is 5.03 Å². The third kappa shape index (κ3) is 1.91. The molecular formula is C6H8N4S. The minimum absolute atomic E-state index is 0.0253. The van der Waals surface area contributed by atoms with Crippen LogP contribution in [0.15, 0.2) is 17.4 Å². The van der Waals surface area contributed by atoms with Gasteiger partial charge in [-0.15, -0.1) is 11.8 Å². The molecule has 58 valence electrons. The largest absolute Gasteiger partial charge is 0.382 e. The molecule has 0 spiro atoms. The summed E-state index contributed by atoms with van der Waals surface area (Å²) in [6, 6.07) is 1.69. The summed E-state index contributed by atoms with van der Waals surface area (Å²) >= 11 is 1.50. The highest BCUT2D eigenvalue weighted by Crippen LogP contribution is 2.09. The molecular weight excluding hydrogens is 160 g/mol. The highest BCUT2D eigenvalue weighted by Gasteiger charge is 1.98. The van der Waals surface area contributed by atoms with Crippen molar-refractivity contribution >= 4 is 17.6 Å². The molecule has 1 heterocycles. The van der Waals surface area contributed by atoms with Gasteiger partial charge in [0.25, 0.3) is 0 Å². The van der Waals surface area contributed by atoms with Crippen molar-refractivity contribution in [1.82, 2.24) is 9.97 Å². The first-order valence-electron chi connectivity index (χ1n) is 2.94. The van der Waals surface area contributed by atoms with Gasteiger partial charge in [0.1, 0.15) is 17.9 Å². The van der Waals surface area contributed by atoms with E-state index in [-0.39, 0.29) is 5.84 Å². The summed E-state index contributed by atoms with van der Waals surface area (Å²) < 4.78 is 0. The predicted octanol–water partition coefficient (Wildman–Crippen LogP) is 0.483. The lowest BCUT2D eigenvalue weighted by Gasteiger charge is -1.97. The lowest BCUT2D eigenvalue weighted by molar-refractivity contribution is 1.03. The summed E-state index contributed by atoms with van der Waals surface area (Å²) in [4.78, 5) is 7.75. The number of nitrogens with one attached hydrogen (secondary N) is 1. The van der Waals surface area contributed by atoms with Crippen molar-refractivity contribution in [2.24, 2.45) is 5.73 Å². The topological polar surface area (TPSA) is 75.7 Å². The van der Waals surface area contributed by atoms with Crippen LogP contribution in [0.25, 0.3) is 0 Å². The Kier molecular flexibility index (Phi) is 2.43. The van der Waals surface area contributed by atoms with E-state index in [1.165, 1.54) is 18.1 Å². The van der Waals surface area contributed by atoms with Crippen LogP contribution in [-0.4, -0.2) is 22.1 Å². The van der Waals surface area contributed by atoms with Crippen molar-refractivity contribution < 1.29 is 0 Å². The molecule has 0 saturated heterocycles. The van der Waals surface area contributed by atoms with E-state index in [9.17, 15) is 0 Å². The Hall–Kier alpha value is -1.10.